The monoisotopic (exact) mass is 430 g/mol. The van der Waals surface area contributed by atoms with Crippen LogP contribution >= 0.6 is 35.0 Å². The van der Waals surface area contributed by atoms with Crippen molar-refractivity contribution in [3.05, 3.63) is 86.7 Å². The minimum atomic E-state index is -0.976. The molecule has 2 aromatic carbocycles. The van der Waals surface area contributed by atoms with Gasteiger partial charge in [-0.15, -0.1) is 0 Å². The van der Waals surface area contributed by atoms with Crippen molar-refractivity contribution < 1.29 is 9.90 Å². The number of aryl methyl sites for hydroxylation is 1. The van der Waals surface area contributed by atoms with Crippen molar-refractivity contribution in [2.24, 2.45) is 4.99 Å². The molecule has 0 unspecified atom stereocenters. The minimum absolute atomic E-state index is 0.265. The van der Waals surface area contributed by atoms with E-state index in [9.17, 15) is 9.90 Å². The molecule has 0 aliphatic carbocycles. The Bertz CT molecular complexity index is 1070. The largest absolute Gasteiger partial charge is 0.478 e. The predicted octanol–water partition coefficient (Wildman–Crippen LogP) is 6.12. The van der Waals surface area contributed by atoms with Gasteiger partial charge in [-0.1, -0.05) is 53.5 Å². The molecule has 2 aliphatic heterocycles. The first kappa shape index (κ1) is 19.1. The summed E-state index contributed by atoms with van der Waals surface area (Å²) in [6.45, 7) is 3.72. The first-order chi connectivity index (χ1) is 13.4. The van der Waals surface area contributed by atoms with Gasteiger partial charge in [0.05, 0.1) is 27.4 Å². The van der Waals surface area contributed by atoms with Gasteiger partial charge >= 0.3 is 5.97 Å². The van der Waals surface area contributed by atoms with E-state index >= 15 is 0 Å². The molecule has 2 aliphatic rings. The van der Waals surface area contributed by atoms with E-state index in [1.165, 1.54) is 11.8 Å². The number of thioether (sulfide) groups is 1. The number of benzene rings is 2. The Morgan fingerprint density at radius 2 is 1.79 bits per heavy atom. The van der Waals surface area contributed by atoms with Gasteiger partial charge in [0.2, 0.25) is 0 Å². The smallest absolute Gasteiger partial charge is 0.335 e. The molecule has 0 saturated heterocycles. The molecule has 142 valence electrons. The fraction of sp³-hybridized carbons (Fsp3) is 0.143. The summed E-state index contributed by atoms with van der Waals surface area (Å²) < 4.78 is 0. The molecule has 1 atom stereocenters. The van der Waals surface area contributed by atoms with Crippen LogP contribution in [0.2, 0.25) is 10.0 Å². The second kappa shape index (κ2) is 7.32. The summed E-state index contributed by atoms with van der Waals surface area (Å²) >= 11 is 14.2. The Balaban J connectivity index is 1.89. The third-order valence-electron chi connectivity index (χ3n) is 4.81. The van der Waals surface area contributed by atoms with Gasteiger partial charge in [-0.05, 0) is 48.9 Å². The number of hydrogen-bond acceptors (Lipinski definition) is 4. The summed E-state index contributed by atoms with van der Waals surface area (Å²) in [7, 11) is 0. The first-order valence-electron chi connectivity index (χ1n) is 8.59. The van der Waals surface area contributed by atoms with Crippen molar-refractivity contribution in [2.75, 3.05) is 0 Å². The standard InChI is InChI=1S/C21H16Cl2N2O2S/c1-11-6-3-4-7-13(11)19-17(20(26)27)12(2)24-21-25(19)10-16(28-21)18-14(22)8-5-9-15(18)23/h3-10,19H,1-2H3,(H,26,27)/t19-/m0/s1. The van der Waals surface area contributed by atoms with Crippen LogP contribution < -0.4 is 0 Å². The lowest BCUT2D eigenvalue weighted by molar-refractivity contribution is -0.133. The predicted molar refractivity (Wildman–Crippen MR) is 116 cm³/mol. The Kier molecular flexibility index (Phi) is 5.00. The topological polar surface area (TPSA) is 52.9 Å². The van der Waals surface area contributed by atoms with Crippen molar-refractivity contribution >= 4 is 51.0 Å². The van der Waals surface area contributed by atoms with Crippen LogP contribution in [0.25, 0.3) is 4.91 Å². The average Bonchev–Trinajstić information content (AvgIpc) is 3.03. The molecule has 0 aromatic heterocycles. The molecular formula is C21H16Cl2N2O2S. The number of hydrogen-bond donors (Lipinski definition) is 1. The van der Waals surface area contributed by atoms with E-state index in [0.29, 0.717) is 20.9 Å². The van der Waals surface area contributed by atoms with E-state index in [-0.39, 0.29) is 5.57 Å². The molecule has 0 radical (unpaired) electrons. The van der Waals surface area contributed by atoms with Gasteiger partial charge in [0.25, 0.3) is 0 Å². The van der Waals surface area contributed by atoms with E-state index < -0.39 is 12.0 Å². The molecule has 0 amide bonds. The zero-order valence-corrected chi connectivity index (χ0v) is 17.4. The van der Waals surface area contributed by atoms with Crippen molar-refractivity contribution in [3.63, 3.8) is 0 Å². The van der Waals surface area contributed by atoms with Gasteiger partial charge in [-0.3, -0.25) is 0 Å². The van der Waals surface area contributed by atoms with Gasteiger partial charge in [0.1, 0.15) is 0 Å². The highest BCUT2D eigenvalue weighted by molar-refractivity contribution is 8.22. The molecule has 0 bridgehead atoms. The van der Waals surface area contributed by atoms with Crippen LogP contribution in [0.3, 0.4) is 0 Å². The number of nitrogens with zero attached hydrogens (tertiary/aromatic N) is 2. The number of carbonyl (C=O) groups is 1. The number of halogens is 2. The Morgan fingerprint density at radius 3 is 2.43 bits per heavy atom. The van der Waals surface area contributed by atoms with Crippen molar-refractivity contribution in [1.82, 2.24) is 4.90 Å². The number of allylic oxidation sites excluding steroid dienone is 1. The van der Waals surface area contributed by atoms with Crippen LogP contribution in [0, 0.1) is 6.92 Å². The molecule has 4 nitrogen and oxygen atoms in total. The minimum Gasteiger partial charge on any atom is -0.478 e. The molecule has 1 N–H and O–H groups in total. The molecule has 0 fully saturated rings. The van der Waals surface area contributed by atoms with Crippen LogP contribution in [0.15, 0.2) is 64.9 Å². The van der Waals surface area contributed by atoms with E-state index in [4.69, 9.17) is 23.2 Å². The number of amidine groups is 1. The highest BCUT2D eigenvalue weighted by Crippen LogP contribution is 2.49. The Labute approximate surface area is 177 Å². The summed E-state index contributed by atoms with van der Waals surface area (Å²) in [5.74, 6) is -0.976. The fourth-order valence-electron chi connectivity index (χ4n) is 3.48. The molecule has 2 aromatic rings. The van der Waals surface area contributed by atoms with Gasteiger partial charge in [0.15, 0.2) is 5.17 Å². The number of fused-ring (bicyclic) bond motifs is 1. The normalized spacial score (nSPS) is 18.7. The summed E-state index contributed by atoms with van der Waals surface area (Å²) in [6, 6.07) is 12.7. The molecule has 4 rings (SSSR count). The fourth-order valence-corrected chi connectivity index (χ4v) is 5.33. The van der Waals surface area contributed by atoms with E-state index in [2.05, 4.69) is 4.99 Å². The lowest BCUT2D eigenvalue weighted by Gasteiger charge is -2.33. The van der Waals surface area contributed by atoms with E-state index in [1.807, 2.05) is 42.3 Å². The molecule has 0 spiro atoms. The molecular weight excluding hydrogens is 415 g/mol. The summed E-state index contributed by atoms with van der Waals surface area (Å²) in [4.78, 5) is 19.4. The highest BCUT2D eigenvalue weighted by atomic mass is 35.5. The maximum atomic E-state index is 12.1. The van der Waals surface area contributed by atoms with E-state index in [0.717, 1.165) is 21.6 Å². The van der Waals surface area contributed by atoms with Gasteiger partial charge in [-0.2, -0.15) is 0 Å². The van der Waals surface area contributed by atoms with Crippen molar-refractivity contribution in [2.45, 2.75) is 19.9 Å². The summed E-state index contributed by atoms with van der Waals surface area (Å²) in [5, 5.41) is 11.7. The van der Waals surface area contributed by atoms with Gasteiger partial charge < -0.3 is 10.0 Å². The van der Waals surface area contributed by atoms with Crippen LogP contribution in [0.5, 0.6) is 0 Å². The first-order valence-corrected chi connectivity index (χ1v) is 10.2. The van der Waals surface area contributed by atoms with E-state index in [1.54, 1.807) is 25.1 Å². The Hall–Kier alpha value is -2.21. The van der Waals surface area contributed by atoms with Crippen LogP contribution in [0.1, 0.15) is 29.7 Å². The third kappa shape index (κ3) is 3.13. The van der Waals surface area contributed by atoms with Crippen LogP contribution in [-0.4, -0.2) is 21.1 Å². The number of aliphatic carboxylic acids is 1. The van der Waals surface area contributed by atoms with Gasteiger partial charge in [0, 0.05) is 16.7 Å². The summed E-state index contributed by atoms with van der Waals surface area (Å²) in [5.41, 5.74) is 3.43. The quantitative estimate of drug-likeness (QED) is 0.636. The number of aliphatic imine (C=N–C) groups is 1. The average molecular weight is 431 g/mol. The zero-order chi connectivity index (χ0) is 20.0. The third-order valence-corrected chi connectivity index (χ3v) is 6.45. The lowest BCUT2D eigenvalue weighted by Crippen LogP contribution is -2.33. The molecule has 2 heterocycles. The van der Waals surface area contributed by atoms with Crippen LogP contribution in [-0.2, 0) is 4.79 Å². The number of carboxylic acid groups (broad SMARTS) is 1. The highest BCUT2D eigenvalue weighted by Gasteiger charge is 2.39. The molecule has 28 heavy (non-hydrogen) atoms. The number of rotatable bonds is 3. The second-order valence-electron chi connectivity index (χ2n) is 6.56. The molecule has 7 heteroatoms. The van der Waals surface area contributed by atoms with Gasteiger partial charge in [-0.25, -0.2) is 9.79 Å². The zero-order valence-electron chi connectivity index (χ0n) is 15.1. The maximum Gasteiger partial charge on any atom is 0.335 e. The van der Waals surface area contributed by atoms with Crippen molar-refractivity contribution in [3.8, 4) is 0 Å². The molecule has 0 saturated carbocycles. The SMILES string of the molecule is CC1=C(C(=O)O)[C@H](c2ccccc2C)N2C=C(c3c(Cl)cccc3Cl)SC2=N1. The van der Waals surface area contributed by atoms with Crippen LogP contribution in [0.4, 0.5) is 0 Å². The number of carboxylic acids is 1. The lowest BCUT2D eigenvalue weighted by atomic mass is 9.92. The maximum absolute atomic E-state index is 12.1. The summed E-state index contributed by atoms with van der Waals surface area (Å²) in [6.07, 6.45) is 1.89. The second-order valence-corrected chi connectivity index (χ2v) is 8.38. The van der Waals surface area contributed by atoms with Crippen molar-refractivity contribution in [1.29, 1.82) is 0 Å². The Morgan fingerprint density at radius 1 is 1.11 bits per heavy atom.